The number of aryl methyl sites for hydroxylation is 2. The van der Waals surface area contributed by atoms with Crippen LogP contribution in [0.4, 0.5) is 0 Å². The average Bonchev–Trinajstić information content (AvgIpc) is 2.42. The Hall–Kier alpha value is -1.58. The molecular formula is C16H25N3O. The van der Waals surface area contributed by atoms with Crippen molar-refractivity contribution in [2.24, 2.45) is 11.7 Å². The number of rotatable bonds is 6. The number of amidine groups is 1. The second kappa shape index (κ2) is 6.73. The Morgan fingerprint density at radius 1 is 1.40 bits per heavy atom. The molecule has 0 radical (unpaired) electrons. The lowest BCUT2D eigenvalue weighted by atomic mass is 9.95. The van der Waals surface area contributed by atoms with Gasteiger partial charge < -0.3 is 10.5 Å². The van der Waals surface area contributed by atoms with Gasteiger partial charge in [0, 0.05) is 5.69 Å². The Morgan fingerprint density at radius 2 is 2.15 bits per heavy atom. The summed E-state index contributed by atoms with van der Waals surface area (Å²) in [5.74, 6) is 1.27. The number of nitrogen functional groups attached to an aromatic ring is 1. The summed E-state index contributed by atoms with van der Waals surface area (Å²) in [6, 6.07) is 2.00. The summed E-state index contributed by atoms with van der Waals surface area (Å²) in [6.45, 7) is 5.06. The zero-order chi connectivity index (χ0) is 14.5. The number of fused-ring (bicyclic) bond motifs is 1. The van der Waals surface area contributed by atoms with Crippen LogP contribution in [-0.2, 0) is 12.8 Å². The van der Waals surface area contributed by atoms with E-state index in [0.29, 0.717) is 24.0 Å². The third kappa shape index (κ3) is 3.71. The lowest BCUT2D eigenvalue weighted by Gasteiger charge is -2.18. The number of aromatic nitrogens is 1. The second-order valence-corrected chi connectivity index (χ2v) is 5.95. The lowest BCUT2D eigenvalue weighted by Crippen LogP contribution is -2.17. The van der Waals surface area contributed by atoms with Crippen molar-refractivity contribution in [2.75, 3.05) is 6.61 Å². The highest BCUT2D eigenvalue weighted by Crippen LogP contribution is 2.26. The van der Waals surface area contributed by atoms with Gasteiger partial charge in [0.05, 0.1) is 12.2 Å². The van der Waals surface area contributed by atoms with Crippen LogP contribution in [0.25, 0.3) is 0 Å². The molecule has 20 heavy (non-hydrogen) atoms. The van der Waals surface area contributed by atoms with E-state index in [2.05, 4.69) is 18.8 Å². The lowest BCUT2D eigenvalue weighted by molar-refractivity contribution is 0.285. The summed E-state index contributed by atoms with van der Waals surface area (Å²) in [4.78, 5) is 4.61. The molecule has 1 aromatic rings. The van der Waals surface area contributed by atoms with Gasteiger partial charge in [-0.15, -0.1) is 0 Å². The predicted octanol–water partition coefficient (Wildman–Crippen LogP) is 3.06. The van der Waals surface area contributed by atoms with E-state index in [0.717, 1.165) is 31.4 Å². The fraction of sp³-hybridized carbons (Fsp3) is 0.625. The number of nitrogens with two attached hydrogens (primary N) is 1. The van der Waals surface area contributed by atoms with Crippen LogP contribution in [-0.4, -0.2) is 17.4 Å². The van der Waals surface area contributed by atoms with Crippen LogP contribution >= 0.6 is 0 Å². The van der Waals surface area contributed by atoms with Crippen LogP contribution in [0.15, 0.2) is 6.07 Å². The SMILES string of the molecule is CC(C)CCCOc1nc2c(cc1C(=N)N)CCCC2. The Labute approximate surface area is 121 Å². The minimum Gasteiger partial charge on any atom is -0.477 e. The van der Waals surface area contributed by atoms with E-state index in [1.807, 2.05) is 6.07 Å². The van der Waals surface area contributed by atoms with Gasteiger partial charge in [-0.3, -0.25) is 5.41 Å². The van der Waals surface area contributed by atoms with E-state index in [-0.39, 0.29) is 5.84 Å². The van der Waals surface area contributed by atoms with Crippen LogP contribution in [0.2, 0.25) is 0 Å². The molecule has 0 aromatic carbocycles. The standard InChI is InChI=1S/C16H25N3O/c1-11(2)6-5-9-20-16-13(15(17)18)10-12-7-3-4-8-14(12)19-16/h10-11H,3-9H2,1-2H3,(H3,17,18). The first kappa shape index (κ1) is 14.8. The second-order valence-electron chi connectivity index (χ2n) is 5.95. The number of hydrogen-bond acceptors (Lipinski definition) is 3. The smallest absolute Gasteiger partial charge is 0.224 e. The molecule has 4 heteroatoms. The fourth-order valence-electron chi connectivity index (χ4n) is 2.58. The maximum atomic E-state index is 7.70. The molecule has 2 rings (SSSR count). The zero-order valence-electron chi connectivity index (χ0n) is 12.5. The molecule has 110 valence electrons. The largest absolute Gasteiger partial charge is 0.477 e. The molecule has 4 nitrogen and oxygen atoms in total. The molecule has 0 saturated carbocycles. The third-order valence-corrected chi connectivity index (χ3v) is 3.72. The monoisotopic (exact) mass is 275 g/mol. The van der Waals surface area contributed by atoms with Crippen molar-refractivity contribution < 1.29 is 4.74 Å². The molecule has 0 aliphatic heterocycles. The molecule has 0 saturated heterocycles. The van der Waals surface area contributed by atoms with Gasteiger partial charge in [-0.05, 0) is 56.1 Å². The Morgan fingerprint density at radius 3 is 2.85 bits per heavy atom. The van der Waals surface area contributed by atoms with Gasteiger partial charge in [0.1, 0.15) is 5.84 Å². The highest BCUT2D eigenvalue weighted by Gasteiger charge is 2.17. The first-order chi connectivity index (χ1) is 9.58. The van der Waals surface area contributed by atoms with E-state index in [1.165, 1.54) is 18.4 Å². The Bertz CT molecular complexity index is 483. The average molecular weight is 275 g/mol. The zero-order valence-corrected chi connectivity index (χ0v) is 12.5. The van der Waals surface area contributed by atoms with Crippen LogP contribution in [0.5, 0.6) is 5.88 Å². The number of nitrogens with zero attached hydrogens (tertiary/aromatic N) is 1. The van der Waals surface area contributed by atoms with Crippen molar-refractivity contribution >= 4 is 5.84 Å². The molecule has 0 amide bonds. The van der Waals surface area contributed by atoms with E-state index >= 15 is 0 Å². The van der Waals surface area contributed by atoms with Crippen molar-refractivity contribution in [2.45, 2.75) is 52.4 Å². The molecule has 0 spiro atoms. The quantitative estimate of drug-likeness (QED) is 0.476. The van der Waals surface area contributed by atoms with Gasteiger partial charge >= 0.3 is 0 Å². The molecule has 1 aliphatic carbocycles. The van der Waals surface area contributed by atoms with Crippen molar-refractivity contribution in [3.63, 3.8) is 0 Å². The summed E-state index contributed by atoms with van der Waals surface area (Å²) in [5.41, 5.74) is 8.67. The number of pyridine rings is 1. The summed E-state index contributed by atoms with van der Waals surface area (Å²) < 4.78 is 5.78. The highest BCUT2D eigenvalue weighted by molar-refractivity contribution is 5.97. The van der Waals surface area contributed by atoms with Crippen molar-refractivity contribution in [1.82, 2.24) is 4.98 Å². The maximum Gasteiger partial charge on any atom is 0.224 e. The molecule has 1 heterocycles. The number of hydrogen-bond donors (Lipinski definition) is 2. The minimum absolute atomic E-state index is 0.0460. The maximum absolute atomic E-state index is 7.70. The van der Waals surface area contributed by atoms with E-state index < -0.39 is 0 Å². The first-order valence-electron chi connectivity index (χ1n) is 7.58. The molecule has 0 atom stereocenters. The van der Waals surface area contributed by atoms with Crippen LogP contribution < -0.4 is 10.5 Å². The highest BCUT2D eigenvalue weighted by atomic mass is 16.5. The van der Waals surface area contributed by atoms with Crippen LogP contribution in [0.3, 0.4) is 0 Å². The first-order valence-corrected chi connectivity index (χ1v) is 7.58. The number of ether oxygens (including phenoxy) is 1. The van der Waals surface area contributed by atoms with Crippen LogP contribution in [0, 0.1) is 11.3 Å². The molecule has 0 unspecified atom stereocenters. The van der Waals surface area contributed by atoms with Crippen molar-refractivity contribution in [1.29, 1.82) is 5.41 Å². The molecular weight excluding hydrogens is 250 g/mol. The summed E-state index contributed by atoms with van der Waals surface area (Å²) in [7, 11) is 0. The summed E-state index contributed by atoms with van der Waals surface area (Å²) in [5, 5.41) is 7.70. The van der Waals surface area contributed by atoms with E-state index in [9.17, 15) is 0 Å². The Balaban J connectivity index is 2.11. The van der Waals surface area contributed by atoms with Gasteiger partial charge in [0.15, 0.2) is 0 Å². The third-order valence-electron chi connectivity index (χ3n) is 3.72. The Kier molecular flexibility index (Phi) is 4.99. The minimum atomic E-state index is 0.0460. The van der Waals surface area contributed by atoms with Crippen molar-refractivity contribution in [3.8, 4) is 5.88 Å². The van der Waals surface area contributed by atoms with E-state index in [4.69, 9.17) is 15.9 Å². The topological polar surface area (TPSA) is 72.0 Å². The van der Waals surface area contributed by atoms with Gasteiger partial charge in [0.25, 0.3) is 0 Å². The van der Waals surface area contributed by atoms with Gasteiger partial charge in [-0.25, -0.2) is 4.98 Å². The predicted molar refractivity (Wildman–Crippen MR) is 81.5 cm³/mol. The summed E-state index contributed by atoms with van der Waals surface area (Å²) in [6.07, 6.45) is 6.58. The normalized spacial score (nSPS) is 14.2. The molecule has 1 aliphatic rings. The van der Waals surface area contributed by atoms with Gasteiger partial charge in [0.2, 0.25) is 5.88 Å². The molecule has 0 bridgehead atoms. The van der Waals surface area contributed by atoms with Gasteiger partial charge in [-0.2, -0.15) is 0 Å². The fourth-order valence-corrected chi connectivity index (χ4v) is 2.58. The van der Waals surface area contributed by atoms with Crippen molar-refractivity contribution in [3.05, 3.63) is 22.9 Å². The van der Waals surface area contributed by atoms with E-state index in [1.54, 1.807) is 0 Å². The molecule has 1 aromatic heterocycles. The molecule has 0 fully saturated rings. The van der Waals surface area contributed by atoms with Gasteiger partial charge in [-0.1, -0.05) is 13.8 Å². The van der Waals surface area contributed by atoms with Crippen LogP contribution in [0.1, 0.15) is 56.4 Å². The molecule has 3 N–H and O–H groups in total. The summed E-state index contributed by atoms with van der Waals surface area (Å²) >= 11 is 0. The number of nitrogens with one attached hydrogen (secondary N) is 1.